The lowest BCUT2D eigenvalue weighted by molar-refractivity contribution is 0.176. The number of anilines is 1. The summed E-state index contributed by atoms with van der Waals surface area (Å²) < 4.78 is 17.9. The van der Waals surface area contributed by atoms with Gasteiger partial charge in [-0.1, -0.05) is 13.8 Å². The smallest absolute Gasteiger partial charge is 0.184 e. The first-order chi connectivity index (χ1) is 18.4. The normalized spacial score (nSPS) is 12.6. The number of fused-ring (bicyclic) bond motifs is 2. The number of aliphatic hydroxyl groups is 1. The van der Waals surface area contributed by atoms with Crippen LogP contribution in [0.2, 0.25) is 0 Å². The molecule has 6 rings (SSSR count). The van der Waals surface area contributed by atoms with Gasteiger partial charge in [0.05, 0.1) is 35.0 Å². The van der Waals surface area contributed by atoms with Gasteiger partial charge in [0.15, 0.2) is 17.1 Å². The van der Waals surface area contributed by atoms with E-state index in [1.165, 1.54) is 6.20 Å². The van der Waals surface area contributed by atoms with Crippen LogP contribution in [-0.4, -0.2) is 56.0 Å². The minimum absolute atomic E-state index is 0.194. The molecule has 4 N–H and O–H groups in total. The van der Waals surface area contributed by atoms with E-state index in [1.807, 2.05) is 37.6 Å². The van der Waals surface area contributed by atoms with Crippen LogP contribution in [0.3, 0.4) is 0 Å². The van der Waals surface area contributed by atoms with Crippen molar-refractivity contribution in [3.63, 3.8) is 0 Å². The monoisotopic (exact) mass is 512 g/mol. The van der Waals surface area contributed by atoms with Gasteiger partial charge in [0.25, 0.3) is 0 Å². The number of aliphatic hydroxyl groups excluding tert-OH is 1. The summed E-state index contributed by atoms with van der Waals surface area (Å²) in [5.74, 6) is 0.174. The third-order valence-electron chi connectivity index (χ3n) is 6.19. The van der Waals surface area contributed by atoms with E-state index in [9.17, 15) is 5.11 Å². The van der Waals surface area contributed by atoms with Gasteiger partial charge in [-0.25, -0.2) is 24.3 Å². The Morgan fingerprint density at radius 2 is 2.00 bits per heavy atom. The number of pyridine rings is 3. The molecule has 0 saturated carbocycles. The molecule has 192 valence electrons. The molecule has 11 nitrogen and oxygen atoms in total. The van der Waals surface area contributed by atoms with Crippen LogP contribution >= 0.6 is 0 Å². The third-order valence-corrected chi connectivity index (χ3v) is 6.19. The Morgan fingerprint density at radius 1 is 1.13 bits per heavy atom. The zero-order valence-corrected chi connectivity index (χ0v) is 20.9. The summed E-state index contributed by atoms with van der Waals surface area (Å²) in [4.78, 5) is 25.1. The van der Waals surface area contributed by atoms with Crippen LogP contribution < -0.4 is 5.32 Å². The summed E-state index contributed by atoms with van der Waals surface area (Å²) in [6.07, 6.45) is 9.66. The fourth-order valence-corrected chi connectivity index (χ4v) is 4.47. The topological polar surface area (TPSA) is 146 Å². The van der Waals surface area contributed by atoms with E-state index in [-0.39, 0.29) is 16.6 Å². The van der Waals surface area contributed by atoms with Gasteiger partial charge in [-0.2, -0.15) is 5.10 Å². The number of hydrogen-bond donors (Lipinski definition) is 4. The molecule has 6 aromatic heterocycles. The van der Waals surface area contributed by atoms with E-state index < -0.39 is 12.0 Å². The number of H-pyrrole nitrogens is 2. The average Bonchev–Trinajstić information content (AvgIpc) is 3.61. The van der Waals surface area contributed by atoms with Crippen molar-refractivity contribution in [3.05, 3.63) is 61.0 Å². The molecular weight excluding hydrogens is 487 g/mol. The van der Waals surface area contributed by atoms with Crippen LogP contribution in [0.1, 0.15) is 26.0 Å². The van der Waals surface area contributed by atoms with Crippen molar-refractivity contribution >= 4 is 27.9 Å². The highest BCUT2D eigenvalue weighted by molar-refractivity contribution is 5.94. The molecule has 6 heterocycles. The number of imidazole rings is 2. The Labute approximate surface area is 216 Å². The number of aromatic nitrogens is 9. The lowest BCUT2D eigenvalue weighted by atomic mass is 10.1. The maximum atomic E-state index is 16.0. The minimum Gasteiger partial charge on any atom is -0.374 e. The number of aromatic amines is 2. The van der Waals surface area contributed by atoms with Gasteiger partial charge in [0, 0.05) is 35.9 Å². The first-order valence-corrected chi connectivity index (χ1v) is 12.2. The Morgan fingerprint density at radius 3 is 2.79 bits per heavy atom. The fourth-order valence-electron chi connectivity index (χ4n) is 4.47. The molecule has 0 aliphatic heterocycles. The minimum atomic E-state index is -0.740. The van der Waals surface area contributed by atoms with Crippen LogP contribution in [0.15, 0.2) is 49.4 Å². The lowest BCUT2D eigenvalue weighted by Gasteiger charge is -2.16. The zero-order chi connectivity index (χ0) is 26.4. The van der Waals surface area contributed by atoms with Crippen molar-refractivity contribution in [2.45, 2.75) is 33.4 Å². The van der Waals surface area contributed by atoms with Crippen LogP contribution in [0.5, 0.6) is 0 Å². The lowest BCUT2D eigenvalue weighted by Crippen LogP contribution is -2.20. The van der Waals surface area contributed by atoms with E-state index in [2.05, 4.69) is 45.4 Å². The van der Waals surface area contributed by atoms with Crippen molar-refractivity contribution in [2.24, 2.45) is 5.92 Å². The Kier molecular flexibility index (Phi) is 5.80. The summed E-state index contributed by atoms with van der Waals surface area (Å²) in [5, 5.41) is 20.5. The van der Waals surface area contributed by atoms with Crippen molar-refractivity contribution in [1.82, 2.24) is 44.7 Å². The highest BCUT2D eigenvalue weighted by Crippen LogP contribution is 2.33. The number of halogens is 1. The van der Waals surface area contributed by atoms with Crippen molar-refractivity contribution in [1.29, 1.82) is 0 Å². The predicted molar refractivity (Wildman–Crippen MR) is 141 cm³/mol. The van der Waals surface area contributed by atoms with Gasteiger partial charge in [0.1, 0.15) is 23.3 Å². The second-order valence-electron chi connectivity index (χ2n) is 9.57. The molecule has 38 heavy (non-hydrogen) atoms. The maximum Gasteiger partial charge on any atom is 0.184 e. The van der Waals surface area contributed by atoms with Crippen LogP contribution in [-0.2, 0) is 0 Å². The number of nitrogens with zero attached hydrogens (tertiary/aromatic N) is 7. The molecule has 0 radical (unpaired) electrons. The summed E-state index contributed by atoms with van der Waals surface area (Å²) in [7, 11) is 0. The molecule has 0 aliphatic rings. The van der Waals surface area contributed by atoms with Crippen molar-refractivity contribution < 1.29 is 9.50 Å². The molecule has 6 aromatic rings. The molecular formula is C26H25FN10O. The Bertz CT molecular complexity index is 1770. The SMILES string of the molecule is Cc1cn(-c2ccnc3nc(-c4[nH]nc5ncc(-c6cncc(NC(O)CC(C)C)c6)c(F)c45)[nH]c23)cn1. The first-order valence-electron chi connectivity index (χ1n) is 12.2. The van der Waals surface area contributed by atoms with E-state index >= 15 is 4.39 Å². The van der Waals surface area contributed by atoms with Gasteiger partial charge >= 0.3 is 0 Å². The second-order valence-corrected chi connectivity index (χ2v) is 9.57. The summed E-state index contributed by atoms with van der Waals surface area (Å²) in [6.45, 7) is 5.96. The Hall–Kier alpha value is -4.71. The molecule has 0 spiro atoms. The van der Waals surface area contributed by atoms with Crippen molar-refractivity contribution in [3.8, 4) is 28.3 Å². The van der Waals surface area contributed by atoms with Crippen LogP contribution in [0.25, 0.3) is 50.5 Å². The molecule has 0 bridgehead atoms. The largest absolute Gasteiger partial charge is 0.374 e. The molecule has 0 aromatic carbocycles. The average molecular weight is 513 g/mol. The molecule has 0 fully saturated rings. The van der Waals surface area contributed by atoms with Crippen molar-refractivity contribution in [2.75, 3.05) is 5.32 Å². The zero-order valence-electron chi connectivity index (χ0n) is 20.9. The summed E-state index contributed by atoms with van der Waals surface area (Å²) in [6, 6.07) is 3.58. The molecule has 1 unspecified atom stereocenters. The highest BCUT2D eigenvalue weighted by Gasteiger charge is 2.21. The molecule has 12 heteroatoms. The number of rotatable bonds is 7. The van der Waals surface area contributed by atoms with Crippen LogP contribution in [0, 0.1) is 18.7 Å². The van der Waals surface area contributed by atoms with E-state index in [0.717, 1.165) is 11.4 Å². The van der Waals surface area contributed by atoms with Gasteiger partial charge < -0.3 is 20.0 Å². The maximum absolute atomic E-state index is 16.0. The molecule has 0 amide bonds. The Balaban J connectivity index is 1.41. The number of nitrogens with one attached hydrogen (secondary N) is 3. The summed E-state index contributed by atoms with van der Waals surface area (Å²) in [5.41, 5.74) is 4.74. The molecule has 1 atom stereocenters. The fraction of sp³-hybridized carbons (Fsp3) is 0.231. The second kappa shape index (κ2) is 9.30. The van der Waals surface area contributed by atoms with Crippen LogP contribution in [0.4, 0.5) is 10.1 Å². The van der Waals surface area contributed by atoms with Gasteiger partial charge in [-0.05, 0) is 31.4 Å². The highest BCUT2D eigenvalue weighted by atomic mass is 19.1. The molecule has 0 aliphatic carbocycles. The summed E-state index contributed by atoms with van der Waals surface area (Å²) >= 11 is 0. The number of aryl methyl sites for hydroxylation is 1. The quantitative estimate of drug-likeness (QED) is 0.231. The number of hydrogen-bond acceptors (Lipinski definition) is 8. The van der Waals surface area contributed by atoms with E-state index in [1.54, 1.807) is 31.0 Å². The molecule has 0 saturated heterocycles. The standard InChI is InChI=1S/C26H25FN10O/c1-13(2)6-19(38)32-16-7-15(8-28-9-16)17-10-30-24-20(21(17)27)23(35-36-24)26-33-22-18(4-5-29-25(22)34-26)37-11-14(3)31-12-37/h4-5,7-13,19,32,38H,6H2,1-3H3,(H,29,33,34)(H,30,35,36). The van der Waals surface area contributed by atoms with Gasteiger partial charge in [-0.15, -0.1) is 0 Å². The van der Waals surface area contributed by atoms with E-state index in [4.69, 9.17) is 0 Å². The predicted octanol–water partition coefficient (Wildman–Crippen LogP) is 4.37. The first kappa shape index (κ1) is 23.7. The van der Waals surface area contributed by atoms with E-state index in [0.29, 0.717) is 46.3 Å². The van der Waals surface area contributed by atoms with Gasteiger partial charge in [-0.3, -0.25) is 10.1 Å². The third kappa shape index (κ3) is 4.24. The van der Waals surface area contributed by atoms with Gasteiger partial charge in [0.2, 0.25) is 0 Å².